The summed E-state index contributed by atoms with van der Waals surface area (Å²) in [5, 5.41) is 9.52. The number of nitrogens with two attached hydrogens (primary N) is 1. The topological polar surface area (TPSA) is 93.7 Å². The highest BCUT2D eigenvalue weighted by Crippen LogP contribution is 2.32. The minimum Gasteiger partial charge on any atom is -0.370 e. The lowest BCUT2D eigenvalue weighted by Gasteiger charge is -2.41. The van der Waals surface area contributed by atoms with E-state index >= 15 is 0 Å². The smallest absolute Gasteiger partial charge is 0.254 e. The van der Waals surface area contributed by atoms with Crippen molar-refractivity contribution < 1.29 is 9.59 Å². The van der Waals surface area contributed by atoms with Gasteiger partial charge < -0.3 is 20.4 Å². The van der Waals surface area contributed by atoms with E-state index in [4.69, 9.17) is 5.73 Å². The Hall–Kier alpha value is -4.31. The van der Waals surface area contributed by atoms with Crippen molar-refractivity contribution in [2.75, 3.05) is 42.5 Å². The number of nitriles is 1. The molecule has 0 bridgehead atoms. The van der Waals surface area contributed by atoms with Crippen LogP contribution >= 0.6 is 0 Å². The molecule has 2 heterocycles. The van der Waals surface area contributed by atoms with Gasteiger partial charge in [-0.25, -0.2) is 0 Å². The molecule has 7 heteroatoms. The van der Waals surface area contributed by atoms with Crippen molar-refractivity contribution in [3.8, 4) is 6.07 Å². The number of hydrogen-bond acceptors (Lipinski definition) is 5. The van der Waals surface area contributed by atoms with E-state index in [-0.39, 0.29) is 12.5 Å². The van der Waals surface area contributed by atoms with Crippen molar-refractivity contribution >= 4 is 23.2 Å². The molecule has 0 spiro atoms. The van der Waals surface area contributed by atoms with E-state index in [9.17, 15) is 14.9 Å². The normalized spacial score (nSPS) is 17.8. The largest absolute Gasteiger partial charge is 0.370 e. The number of benzene rings is 3. The molecule has 0 aromatic heterocycles. The van der Waals surface area contributed by atoms with Crippen LogP contribution in [0.3, 0.4) is 0 Å². The van der Waals surface area contributed by atoms with Gasteiger partial charge in [0.25, 0.3) is 5.91 Å². The van der Waals surface area contributed by atoms with E-state index in [1.807, 2.05) is 66.4 Å². The van der Waals surface area contributed by atoms with Crippen LogP contribution in [-0.4, -0.2) is 55.5 Å². The second kappa shape index (κ2) is 12.1. The first kappa shape index (κ1) is 28.2. The summed E-state index contributed by atoms with van der Waals surface area (Å²) in [6.45, 7) is 9.41. The lowest BCUT2D eigenvalue weighted by molar-refractivity contribution is -0.119. The number of aryl methyl sites for hydroxylation is 2. The highest BCUT2D eigenvalue weighted by molar-refractivity contribution is 5.98. The van der Waals surface area contributed by atoms with Crippen LogP contribution in [0.25, 0.3) is 0 Å². The third kappa shape index (κ3) is 5.78. The molecule has 1 unspecified atom stereocenters. The lowest BCUT2D eigenvalue weighted by Crippen LogP contribution is -2.59. The van der Waals surface area contributed by atoms with E-state index < -0.39 is 11.9 Å². The number of anilines is 2. The van der Waals surface area contributed by atoms with Crippen molar-refractivity contribution in [1.29, 1.82) is 5.26 Å². The molecule has 2 aliphatic rings. The summed E-state index contributed by atoms with van der Waals surface area (Å²) in [5.41, 5.74) is 13.8. The predicted molar refractivity (Wildman–Crippen MR) is 163 cm³/mol. The third-order valence-corrected chi connectivity index (χ3v) is 8.90. The Morgan fingerprint density at radius 2 is 1.61 bits per heavy atom. The molecule has 5 rings (SSSR count). The Kier molecular flexibility index (Phi) is 8.30. The molecule has 41 heavy (non-hydrogen) atoms. The van der Waals surface area contributed by atoms with Crippen LogP contribution in [0.5, 0.6) is 0 Å². The summed E-state index contributed by atoms with van der Waals surface area (Å²) < 4.78 is 0. The van der Waals surface area contributed by atoms with Crippen molar-refractivity contribution in [1.82, 2.24) is 4.90 Å². The van der Waals surface area contributed by atoms with E-state index in [1.165, 1.54) is 11.1 Å². The van der Waals surface area contributed by atoms with E-state index in [1.54, 1.807) is 4.90 Å². The summed E-state index contributed by atoms with van der Waals surface area (Å²) in [6.07, 6.45) is 3.01. The Labute approximate surface area is 243 Å². The zero-order valence-corrected chi connectivity index (χ0v) is 24.3. The van der Waals surface area contributed by atoms with Crippen LogP contribution in [0.4, 0.5) is 11.4 Å². The number of nitrogens with zero attached hydrogens (tertiary/aromatic N) is 4. The van der Waals surface area contributed by atoms with Gasteiger partial charge >= 0.3 is 0 Å². The molecule has 2 amide bonds. The van der Waals surface area contributed by atoms with Gasteiger partial charge in [-0.1, -0.05) is 36.4 Å². The molecular weight excluding hydrogens is 510 g/mol. The number of piperidine rings is 1. The molecule has 3 aromatic rings. The molecule has 3 aromatic carbocycles. The van der Waals surface area contributed by atoms with Gasteiger partial charge in [0.2, 0.25) is 5.91 Å². The summed E-state index contributed by atoms with van der Waals surface area (Å²) in [5.74, 6) is 0.0634. The summed E-state index contributed by atoms with van der Waals surface area (Å²) in [7, 11) is 0. The number of amides is 2. The van der Waals surface area contributed by atoms with Gasteiger partial charge in [-0.3, -0.25) is 9.59 Å². The number of primary amides is 1. The van der Waals surface area contributed by atoms with Gasteiger partial charge in [0.05, 0.1) is 17.8 Å². The minimum absolute atomic E-state index is 0.0249. The fourth-order valence-electron chi connectivity index (χ4n) is 6.68. The standard InChI is InChI=1S/C34H39N5O2/c1-23-19-24(2)32(34(41)38-17-18-39(31(22-38)33(36)40)28-10-5-4-6-11-28)25(3)29(23)20-26-13-15-37(16-14-26)30-12-8-7-9-27(30)21-35/h4-12,19,26,31H,13-18,20,22H2,1-3H3,(H2,36,40). The van der Waals surface area contributed by atoms with Gasteiger partial charge in [0.1, 0.15) is 12.1 Å². The molecule has 2 saturated heterocycles. The summed E-state index contributed by atoms with van der Waals surface area (Å²) in [4.78, 5) is 32.6. The predicted octanol–water partition coefficient (Wildman–Crippen LogP) is 4.76. The maximum atomic E-state index is 14.0. The number of carbonyl (C=O) groups is 2. The van der Waals surface area contributed by atoms with Crippen LogP contribution in [0.1, 0.15) is 51.0 Å². The number of rotatable bonds is 6. The molecule has 2 aliphatic heterocycles. The second-order valence-corrected chi connectivity index (χ2v) is 11.5. The van der Waals surface area contributed by atoms with Gasteiger partial charge in [-0.05, 0) is 92.5 Å². The van der Waals surface area contributed by atoms with Crippen molar-refractivity contribution in [3.05, 3.63) is 94.0 Å². The number of carbonyl (C=O) groups excluding carboxylic acids is 2. The van der Waals surface area contributed by atoms with E-state index in [0.717, 1.165) is 66.0 Å². The van der Waals surface area contributed by atoms with Crippen LogP contribution in [0, 0.1) is 38.0 Å². The maximum absolute atomic E-state index is 14.0. The molecule has 2 N–H and O–H groups in total. The van der Waals surface area contributed by atoms with Gasteiger partial charge in [0.15, 0.2) is 0 Å². The highest BCUT2D eigenvalue weighted by Gasteiger charge is 2.35. The monoisotopic (exact) mass is 549 g/mol. The molecule has 212 valence electrons. The Balaban J connectivity index is 1.31. The Bertz CT molecular complexity index is 1470. The highest BCUT2D eigenvalue weighted by atomic mass is 16.2. The fourth-order valence-corrected chi connectivity index (χ4v) is 6.68. The number of para-hydroxylation sites is 2. The molecule has 1 atom stereocenters. The first-order valence-corrected chi connectivity index (χ1v) is 14.5. The first-order chi connectivity index (χ1) is 19.8. The van der Waals surface area contributed by atoms with Gasteiger partial charge in [-0.15, -0.1) is 0 Å². The molecule has 2 fully saturated rings. The maximum Gasteiger partial charge on any atom is 0.254 e. The average molecular weight is 550 g/mol. The Morgan fingerprint density at radius 1 is 0.927 bits per heavy atom. The van der Waals surface area contributed by atoms with Gasteiger partial charge in [0, 0.05) is 37.4 Å². The SMILES string of the molecule is Cc1cc(C)c(C(=O)N2CCN(c3ccccc3)C(C(N)=O)C2)c(C)c1CC1CCN(c2ccccc2C#N)CC1. The van der Waals surface area contributed by atoms with Crippen LogP contribution in [0.2, 0.25) is 0 Å². The molecule has 0 radical (unpaired) electrons. The second-order valence-electron chi connectivity index (χ2n) is 11.5. The first-order valence-electron chi connectivity index (χ1n) is 14.5. The molecule has 0 aliphatic carbocycles. The van der Waals surface area contributed by atoms with Crippen LogP contribution in [0.15, 0.2) is 60.7 Å². The lowest BCUT2D eigenvalue weighted by atomic mass is 9.83. The van der Waals surface area contributed by atoms with Crippen molar-refractivity contribution in [2.24, 2.45) is 11.7 Å². The number of piperazine rings is 1. The zero-order chi connectivity index (χ0) is 29.1. The van der Waals surface area contributed by atoms with Gasteiger partial charge in [-0.2, -0.15) is 5.26 Å². The fraction of sp³-hybridized carbons (Fsp3) is 0.382. The Morgan fingerprint density at radius 3 is 2.29 bits per heavy atom. The molecule has 0 saturated carbocycles. The summed E-state index contributed by atoms with van der Waals surface area (Å²) >= 11 is 0. The van der Waals surface area contributed by atoms with Crippen molar-refractivity contribution in [3.63, 3.8) is 0 Å². The number of hydrogen-bond donors (Lipinski definition) is 1. The van der Waals surface area contributed by atoms with E-state index in [0.29, 0.717) is 19.0 Å². The van der Waals surface area contributed by atoms with Crippen LogP contribution in [-0.2, 0) is 11.2 Å². The van der Waals surface area contributed by atoms with Crippen molar-refractivity contribution in [2.45, 2.75) is 46.1 Å². The minimum atomic E-state index is -0.572. The quantitative estimate of drug-likeness (QED) is 0.479. The zero-order valence-electron chi connectivity index (χ0n) is 24.3. The van der Waals surface area contributed by atoms with Crippen LogP contribution < -0.4 is 15.5 Å². The molecular formula is C34H39N5O2. The molecule has 7 nitrogen and oxygen atoms in total. The third-order valence-electron chi connectivity index (χ3n) is 8.90. The average Bonchev–Trinajstić information content (AvgIpc) is 2.99. The van der Waals surface area contributed by atoms with E-state index in [2.05, 4.69) is 30.9 Å². The summed E-state index contributed by atoms with van der Waals surface area (Å²) in [6, 6.07) is 21.5.